The zero-order valence-electron chi connectivity index (χ0n) is 9.40. The van der Waals surface area contributed by atoms with Crippen LogP contribution in [0.4, 0.5) is 4.79 Å². The monoisotopic (exact) mass is 214 g/mol. The summed E-state index contributed by atoms with van der Waals surface area (Å²) in [6.45, 7) is 6.98. The maximum absolute atomic E-state index is 11.9. The molecule has 0 bridgehead atoms. The van der Waals surface area contributed by atoms with Crippen molar-refractivity contribution < 1.29 is 19.8 Å². The molecule has 0 unspecified atom stereocenters. The van der Waals surface area contributed by atoms with E-state index in [1.165, 1.54) is 0 Å². The van der Waals surface area contributed by atoms with Crippen LogP contribution in [0.2, 0.25) is 0 Å². The van der Waals surface area contributed by atoms with Gasteiger partial charge >= 0.3 is 6.16 Å². The Morgan fingerprint density at radius 2 is 2.00 bits per heavy atom. The van der Waals surface area contributed by atoms with Gasteiger partial charge in [0.05, 0.1) is 11.1 Å². The standard InChI is InChI=1S/C10H16NO4/c1-9(2)5-7(15-8(12)13)6-10(3,4)11(9)14/h5H,6H2,1-4H3,(H,12,13). The maximum atomic E-state index is 11.9. The first-order valence-corrected chi connectivity index (χ1v) is 4.75. The highest BCUT2D eigenvalue weighted by molar-refractivity contribution is 5.58. The van der Waals surface area contributed by atoms with E-state index in [1.807, 2.05) is 0 Å². The lowest BCUT2D eigenvalue weighted by atomic mass is 9.86. The van der Waals surface area contributed by atoms with Crippen LogP contribution in [-0.4, -0.2) is 27.4 Å². The minimum atomic E-state index is -1.34. The van der Waals surface area contributed by atoms with Gasteiger partial charge in [-0.3, -0.25) is 0 Å². The number of ether oxygens (including phenoxy) is 1. The van der Waals surface area contributed by atoms with Crippen LogP contribution in [-0.2, 0) is 9.94 Å². The van der Waals surface area contributed by atoms with Crippen molar-refractivity contribution >= 4 is 6.16 Å². The van der Waals surface area contributed by atoms with Gasteiger partial charge in [-0.2, -0.15) is 0 Å². The molecule has 85 valence electrons. The maximum Gasteiger partial charge on any atom is 0.511 e. The van der Waals surface area contributed by atoms with Crippen LogP contribution in [0.15, 0.2) is 11.8 Å². The molecule has 1 rings (SSSR count). The zero-order valence-corrected chi connectivity index (χ0v) is 9.40. The van der Waals surface area contributed by atoms with Crippen molar-refractivity contribution in [1.82, 2.24) is 5.06 Å². The summed E-state index contributed by atoms with van der Waals surface area (Å²) in [6, 6.07) is 0. The first kappa shape index (κ1) is 12.0. The van der Waals surface area contributed by atoms with E-state index in [0.29, 0.717) is 12.2 Å². The summed E-state index contributed by atoms with van der Waals surface area (Å²) in [5.74, 6) is 0.338. The van der Waals surface area contributed by atoms with E-state index in [-0.39, 0.29) is 0 Å². The minimum Gasteiger partial charge on any atom is -0.449 e. The average molecular weight is 214 g/mol. The third kappa shape index (κ3) is 2.49. The highest BCUT2D eigenvalue weighted by Gasteiger charge is 2.43. The molecule has 5 nitrogen and oxygen atoms in total. The van der Waals surface area contributed by atoms with Gasteiger partial charge in [0.15, 0.2) is 0 Å². The summed E-state index contributed by atoms with van der Waals surface area (Å²) in [5.41, 5.74) is -1.39. The largest absolute Gasteiger partial charge is 0.511 e. The lowest BCUT2D eigenvalue weighted by Crippen LogP contribution is -2.54. The number of hydrogen-bond acceptors (Lipinski definition) is 3. The van der Waals surface area contributed by atoms with E-state index < -0.39 is 17.2 Å². The van der Waals surface area contributed by atoms with Crippen LogP contribution in [0.5, 0.6) is 0 Å². The van der Waals surface area contributed by atoms with E-state index >= 15 is 0 Å². The van der Waals surface area contributed by atoms with Crippen LogP contribution < -0.4 is 0 Å². The molecule has 1 radical (unpaired) electrons. The summed E-state index contributed by atoms with van der Waals surface area (Å²) in [5, 5.41) is 21.4. The van der Waals surface area contributed by atoms with Crippen LogP contribution in [0.3, 0.4) is 0 Å². The number of nitrogens with zero attached hydrogens (tertiary/aromatic N) is 1. The van der Waals surface area contributed by atoms with Crippen LogP contribution in [0, 0.1) is 0 Å². The molecule has 0 saturated carbocycles. The molecule has 0 saturated heterocycles. The van der Waals surface area contributed by atoms with Crippen molar-refractivity contribution in [1.29, 1.82) is 0 Å². The van der Waals surface area contributed by atoms with Gasteiger partial charge in [-0.15, -0.1) is 10.3 Å². The normalized spacial score (nSPS) is 24.5. The Kier molecular flexibility index (Phi) is 2.80. The zero-order chi connectivity index (χ0) is 11.9. The molecule has 0 aromatic rings. The molecular weight excluding hydrogens is 198 g/mol. The van der Waals surface area contributed by atoms with Crippen molar-refractivity contribution in [2.24, 2.45) is 0 Å². The third-order valence-corrected chi connectivity index (χ3v) is 2.41. The molecule has 0 fully saturated rings. The quantitative estimate of drug-likeness (QED) is 0.679. The van der Waals surface area contributed by atoms with Gasteiger partial charge < -0.3 is 9.84 Å². The Bertz CT molecular complexity index is 307. The van der Waals surface area contributed by atoms with Gasteiger partial charge in [-0.25, -0.2) is 4.79 Å². The Labute approximate surface area is 88.9 Å². The second-order valence-electron chi connectivity index (χ2n) is 4.92. The molecule has 0 atom stereocenters. The van der Waals surface area contributed by atoms with Gasteiger partial charge in [-0.1, -0.05) is 0 Å². The van der Waals surface area contributed by atoms with Gasteiger partial charge in [0.2, 0.25) is 0 Å². The first-order valence-electron chi connectivity index (χ1n) is 4.75. The predicted molar refractivity (Wildman–Crippen MR) is 52.5 cm³/mol. The number of rotatable bonds is 1. The Morgan fingerprint density at radius 1 is 1.47 bits per heavy atom. The smallest absolute Gasteiger partial charge is 0.449 e. The minimum absolute atomic E-state index is 0.298. The molecule has 1 N–H and O–H groups in total. The molecular formula is C10H16NO4. The van der Waals surface area contributed by atoms with Gasteiger partial charge in [0.25, 0.3) is 0 Å². The molecule has 15 heavy (non-hydrogen) atoms. The fourth-order valence-electron chi connectivity index (χ4n) is 1.96. The molecule has 0 aliphatic carbocycles. The summed E-state index contributed by atoms with van der Waals surface area (Å²) in [4.78, 5) is 10.4. The number of hydrogen-bond donors (Lipinski definition) is 1. The van der Waals surface area contributed by atoms with Crippen molar-refractivity contribution in [3.63, 3.8) is 0 Å². The molecule has 0 aromatic carbocycles. The fraction of sp³-hybridized carbons (Fsp3) is 0.700. The Balaban J connectivity index is 2.98. The Hall–Kier alpha value is -1.07. The second kappa shape index (κ2) is 3.50. The van der Waals surface area contributed by atoms with E-state index in [1.54, 1.807) is 33.8 Å². The average Bonchev–Trinajstić information content (AvgIpc) is 1.97. The SMILES string of the molecule is CC1(C)C=C(OC(=O)O)CC(C)(C)N1[O]. The predicted octanol–water partition coefficient (Wildman–Crippen LogP) is 2.17. The molecule has 0 amide bonds. The topological polar surface area (TPSA) is 69.7 Å². The molecule has 1 aliphatic rings. The number of carboxylic acid groups (broad SMARTS) is 1. The van der Waals surface area contributed by atoms with Crippen molar-refractivity contribution in [3.8, 4) is 0 Å². The second-order valence-corrected chi connectivity index (χ2v) is 4.92. The van der Waals surface area contributed by atoms with Crippen molar-refractivity contribution in [3.05, 3.63) is 11.8 Å². The van der Waals surface area contributed by atoms with E-state index in [0.717, 1.165) is 5.06 Å². The first-order chi connectivity index (χ1) is 6.65. The van der Waals surface area contributed by atoms with Crippen LogP contribution in [0.1, 0.15) is 34.1 Å². The highest BCUT2D eigenvalue weighted by Crippen LogP contribution is 2.36. The molecule has 0 aromatic heterocycles. The van der Waals surface area contributed by atoms with Crippen molar-refractivity contribution in [2.75, 3.05) is 0 Å². The van der Waals surface area contributed by atoms with E-state index in [9.17, 15) is 10.0 Å². The third-order valence-electron chi connectivity index (χ3n) is 2.41. The van der Waals surface area contributed by atoms with Gasteiger partial charge in [0, 0.05) is 6.42 Å². The molecule has 5 heteroatoms. The van der Waals surface area contributed by atoms with Gasteiger partial charge in [0.1, 0.15) is 5.76 Å². The van der Waals surface area contributed by atoms with Crippen molar-refractivity contribution in [2.45, 2.75) is 45.2 Å². The molecule has 1 heterocycles. The summed E-state index contributed by atoms with van der Waals surface area (Å²) in [7, 11) is 0. The number of hydroxylamine groups is 2. The fourth-order valence-corrected chi connectivity index (χ4v) is 1.96. The number of carbonyl (C=O) groups is 1. The summed E-state index contributed by atoms with van der Waals surface area (Å²) in [6.07, 6.45) is 0.512. The lowest BCUT2D eigenvalue weighted by molar-refractivity contribution is -0.265. The highest BCUT2D eigenvalue weighted by atomic mass is 16.7. The van der Waals surface area contributed by atoms with Crippen LogP contribution >= 0.6 is 0 Å². The van der Waals surface area contributed by atoms with E-state index in [2.05, 4.69) is 4.74 Å². The summed E-state index contributed by atoms with van der Waals surface area (Å²) < 4.78 is 4.62. The van der Waals surface area contributed by atoms with E-state index in [4.69, 9.17) is 5.11 Å². The van der Waals surface area contributed by atoms with Gasteiger partial charge in [-0.05, 0) is 33.8 Å². The van der Waals surface area contributed by atoms with Crippen LogP contribution in [0.25, 0.3) is 0 Å². The lowest BCUT2D eigenvalue weighted by Gasteiger charge is -2.44. The Morgan fingerprint density at radius 3 is 2.40 bits per heavy atom. The molecule has 0 spiro atoms. The molecule has 1 aliphatic heterocycles. The summed E-state index contributed by atoms with van der Waals surface area (Å²) >= 11 is 0.